The molecule has 21 heavy (non-hydrogen) atoms. The van der Waals surface area contributed by atoms with Crippen molar-refractivity contribution < 1.29 is 0 Å². The molecule has 0 aromatic carbocycles. The molecule has 0 bridgehead atoms. The molecule has 4 nitrogen and oxygen atoms in total. The number of hydrogen-bond donors (Lipinski definition) is 1. The lowest BCUT2D eigenvalue weighted by Crippen LogP contribution is -2.53. The molecule has 0 spiro atoms. The fourth-order valence-corrected chi connectivity index (χ4v) is 3.18. The summed E-state index contributed by atoms with van der Waals surface area (Å²) >= 11 is 5.22. The van der Waals surface area contributed by atoms with Gasteiger partial charge in [0.15, 0.2) is 0 Å². The molecule has 0 amide bonds. The highest BCUT2D eigenvalue weighted by Gasteiger charge is 2.24. The van der Waals surface area contributed by atoms with E-state index in [0.29, 0.717) is 4.99 Å². The van der Waals surface area contributed by atoms with E-state index in [9.17, 15) is 0 Å². The van der Waals surface area contributed by atoms with Crippen molar-refractivity contribution in [1.29, 1.82) is 0 Å². The van der Waals surface area contributed by atoms with Crippen LogP contribution in [0.1, 0.15) is 25.3 Å². The Labute approximate surface area is 133 Å². The first-order valence-electron chi connectivity index (χ1n) is 7.85. The fraction of sp³-hybridized carbons (Fsp3) is 0.625. The molecule has 0 aliphatic carbocycles. The van der Waals surface area contributed by atoms with Crippen LogP contribution in [-0.2, 0) is 6.42 Å². The van der Waals surface area contributed by atoms with E-state index < -0.39 is 0 Å². The minimum Gasteiger partial charge on any atom is -0.392 e. The lowest BCUT2D eigenvalue weighted by molar-refractivity contribution is 0.115. The third-order valence-corrected chi connectivity index (χ3v) is 4.45. The van der Waals surface area contributed by atoms with Gasteiger partial charge in [0.2, 0.25) is 0 Å². The topological polar surface area (TPSA) is 45.4 Å². The molecule has 1 fully saturated rings. The maximum Gasteiger partial charge on any atom is 0.0902 e. The monoisotopic (exact) mass is 306 g/mol. The lowest BCUT2D eigenvalue weighted by atomic mass is 10.1. The summed E-state index contributed by atoms with van der Waals surface area (Å²) in [5.74, 6) is 0. The van der Waals surface area contributed by atoms with Gasteiger partial charge in [0.05, 0.1) is 11.0 Å². The molecule has 0 radical (unpaired) electrons. The van der Waals surface area contributed by atoms with Crippen molar-refractivity contribution in [3.05, 3.63) is 30.1 Å². The Kier molecular flexibility index (Phi) is 6.54. The van der Waals surface area contributed by atoms with Gasteiger partial charge in [-0.05, 0) is 24.5 Å². The number of aromatic nitrogens is 1. The third kappa shape index (κ3) is 5.02. The first-order chi connectivity index (χ1) is 10.2. The van der Waals surface area contributed by atoms with Gasteiger partial charge in [-0.1, -0.05) is 31.6 Å². The standard InChI is InChI=1S/C16H26N4S/c1-2-4-15(16(17)21)20-11-9-19(10-12-20)8-6-14-5-3-7-18-13-14/h3,5,7,13,15H,2,4,6,8-12H2,1H3,(H2,17,21). The second-order valence-electron chi connectivity index (χ2n) is 5.70. The van der Waals surface area contributed by atoms with Crippen LogP contribution in [0.5, 0.6) is 0 Å². The lowest BCUT2D eigenvalue weighted by Gasteiger charge is -2.39. The van der Waals surface area contributed by atoms with E-state index in [4.69, 9.17) is 18.0 Å². The highest BCUT2D eigenvalue weighted by Crippen LogP contribution is 2.12. The molecule has 116 valence electrons. The number of nitrogens with two attached hydrogens (primary N) is 1. The van der Waals surface area contributed by atoms with E-state index in [0.717, 1.165) is 52.0 Å². The zero-order valence-corrected chi connectivity index (χ0v) is 13.7. The van der Waals surface area contributed by atoms with Crippen LogP contribution in [-0.4, -0.2) is 58.5 Å². The van der Waals surface area contributed by atoms with Crippen molar-refractivity contribution >= 4 is 17.2 Å². The van der Waals surface area contributed by atoms with Crippen LogP contribution in [0.15, 0.2) is 24.5 Å². The summed E-state index contributed by atoms with van der Waals surface area (Å²) in [5, 5.41) is 0. The Hall–Kier alpha value is -1.04. The van der Waals surface area contributed by atoms with Crippen molar-refractivity contribution in [1.82, 2.24) is 14.8 Å². The largest absolute Gasteiger partial charge is 0.392 e. The van der Waals surface area contributed by atoms with Gasteiger partial charge < -0.3 is 10.6 Å². The average Bonchev–Trinajstić information content (AvgIpc) is 2.52. The van der Waals surface area contributed by atoms with E-state index in [1.54, 1.807) is 0 Å². The van der Waals surface area contributed by atoms with Gasteiger partial charge in [0.1, 0.15) is 0 Å². The van der Waals surface area contributed by atoms with Crippen LogP contribution in [0.4, 0.5) is 0 Å². The van der Waals surface area contributed by atoms with Crippen molar-refractivity contribution in [2.75, 3.05) is 32.7 Å². The smallest absolute Gasteiger partial charge is 0.0902 e. The molecule has 5 heteroatoms. The Morgan fingerprint density at radius 1 is 1.38 bits per heavy atom. The number of rotatable bonds is 7. The molecule has 2 rings (SSSR count). The molecule has 2 heterocycles. The maximum absolute atomic E-state index is 5.89. The summed E-state index contributed by atoms with van der Waals surface area (Å²) < 4.78 is 0. The molecule has 1 unspecified atom stereocenters. The highest BCUT2D eigenvalue weighted by molar-refractivity contribution is 7.80. The summed E-state index contributed by atoms with van der Waals surface area (Å²) in [4.78, 5) is 9.79. The molecule has 1 aliphatic heterocycles. The molecule has 1 saturated heterocycles. The molecule has 1 atom stereocenters. The molecular formula is C16H26N4S. The number of hydrogen-bond acceptors (Lipinski definition) is 4. The summed E-state index contributed by atoms with van der Waals surface area (Å²) in [6, 6.07) is 4.43. The molecule has 1 aromatic heterocycles. The third-order valence-electron chi connectivity index (χ3n) is 4.18. The number of pyridine rings is 1. The second-order valence-corrected chi connectivity index (χ2v) is 6.17. The van der Waals surface area contributed by atoms with E-state index in [1.165, 1.54) is 5.56 Å². The zero-order chi connectivity index (χ0) is 15.1. The Balaban J connectivity index is 1.76. The van der Waals surface area contributed by atoms with E-state index >= 15 is 0 Å². The van der Waals surface area contributed by atoms with Crippen LogP contribution in [0.2, 0.25) is 0 Å². The van der Waals surface area contributed by atoms with Crippen LogP contribution in [0.25, 0.3) is 0 Å². The number of thiocarbonyl (C=S) groups is 1. The molecule has 1 aromatic rings. The zero-order valence-electron chi connectivity index (χ0n) is 12.9. The summed E-state index contributed by atoms with van der Waals surface area (Å²) in [6.45, 7) is 7.62. The van der Waals surface area contributed by atoms with Crippen LogP contribution >= 0.6 is 12.2 Å². The van der Waals surface area contributed by atoms with Gasteiger partial charge in [-0.15, -0.1) is 0 Å². The number of nitrogens with zero attached hydrogens (tertiary/aromatic N) is 3. The fourth-order valence-electron chi connectivity index (χ4n) is 2.91. The molecule has 2 N–H and O–H groups in total. The van der Waals surface area contributed by atoms with Crippen LogP contribution in [0.3, 0.4) is 0 Å². The Bertz CT molecular complexity index is 429. The second kappa shape index (κ2) is 8.41. The predicted molar refractivity (Wildman–Crippen MR) is 91.4 cm³/mol. The van der Waals surface area contributed by atoms with Crippen LogP contribution < -0.4 is 5.73 Å². The van der Waals surface area contributed by atoms with Gasteiger partial charge in [-0.3, -0.25) is 9.88 Å². The van der Waals surface area contributed by atoms with Crippen LogP contribution in [0, 0.1) is 0 Å². The van der Waals surface area contributed by atoms with Gasteiger partial charge >= 0.3 is 0 Å². The number of piperazine rings is 1. The minimum atomic E-state index is 0.283. The predicted octanol–water partition coefficient (Wildman–Crippen LogP) is 1.70. The van der Waals surface area contributed by atoms with Gasteiger partial charge in [0, 0.05) is 45.1 Å². The van der Waals surface area contributed by atoms with E-state index in [1.807, 2.05) is 18.5 Å². The normalized spacial score (nSPS) is 18.5. The average molecular weight is 306 g/mol. The quantitative estimate of drug-likeness (QED) is 0.777. The van der Waals surface area contributed by atoms with Crippen molar-refractivity contribution in [3.63, 3.8) is 0 Å². The first-order valence-corrected chi connectivity index (χ1v) is 8.26. The summed E-state index contributed by atoms with van der Waals surface area (Å²) in [7, 11) is 0. The summed E-state index contributed by atoms with van der Waals surface area (Å²) in [5.41, 5.74) is 7.20. The molecule has 1 aliphatic rings. The summed E-state index contributed by atoms with van der Waals surface area (Å²) in [6.07, 6.45) is 7.06. The van der Waals surface area contributed by atoms with E-state index in [-0.39, 0.29) is 6.04 Å². The van der Waals surface area contributed by atoms with Crippen molar-refractivity contribution in [2.45, 2.75) is 32.2 Å². The molecular weight excluding hydrogens is 280 g/mol. The Morgan fingerprint density at radius 3 is 2.71 bits per heavy atom. The minimum absolute atomic E-state index is 0.283. The van der Waals surface area contributed by atoms with Gasteiger partial charge in [-0.2, -0.15) is 0 Å². The van der Waals surface area contributed by atoms with Crippen molar-refractivity contribution in [2.24, 2.45) is 5.73 Å². The highest BCUT2D eigenvalue weighted by atomic mass is 32.1. The first kappa shape index (κ1) is 16.3. The maximum atomic E-state index is 5.89. The van der Waals surface area contributed by atoms with Crippen molar-refractivity contribution in [3.8, 4) is 0 Å². The SMILES string of the molecule is CCCC(C(N)=S)N1CCN(CCc2cccnc2)CC1. The molecule has 0 saturated carbocycles. The van der Waals surface area contributed by atoms with Gasteiger partial charge in [-0.25, -0.2) is 0 Å². The van der Waals surface area contributed by atoms with E-state index in [2.05, 4.69) is 27.8 Å². The Morgan fingerprint density at radius 2 is 2.14 bits per heavy atom. The van der Waals surface area contributed by atoms with Gasteiger partial charge in [0.25, 0.3) is 0 Å².